The number of rotatable bonds is 11. The van der Waals surface area contributed by atoms with Gasteiger partial charge in [0.25, 0.3) is 0 Å². The lowest BCUT2D eigenvalue weighted by Crippen LogP contribution is -2.21. The number of hydrogen-bond donors (Lipinski definition) is 0. The molecule has 32 heavy (non-hydrogen) atoms. The summed E-state index contributed by atoms with van der Waals surface area (Å²) in [6, 6.07) is 8.96. The fourth-order valence-corrected chi connectivity index (χ4v) is 5.20. The van der Waals surface area contributed by atoms with Gasteiger partial charge in [0.05, 0.1) is 35.0 Å². The third-order valence-electron chi connectivity index (χ3n) is 4.60. The van der Waals surface area contributed by atoms with Crippen molar-refractivity contribution in [3.63, 3.8) is 0 Å². The van der Waals surface area contributed by atoms with E-state index in [1.54, 1.807) is 19.1 Å². The molecule has 0 spiro atoms. The molecular formula is C22H25O9P. The lowest BCUT2D eigenvalue weighted by atomic mass is 10.2. The van der Waals surface area contributed by atoms with E-state index in [0.29, 0.717) is 0 Å². The minimum absolute atomic E-state index is 0.0167. The Bertz CT molecular complexity index is 945. The van der Waals surface area contributed by atoms with Gasteiger partial charge in [-0.15, -0.1) is 0 Å². The molecule has 2 aromatic carbocycles. The molecule has 0 atom stereocenters. The molecule has 0 aromatic heterocycles. The van der Waals surface area contributed by atoms with Crippen molar-refractivity contribution in [2.45, 2.75) is 6.92 Å². The predicted octanol–water partition coefficient (Wildman–Crippen LogP) is 3.63. The molecule has 9 nitrogen and oxygen atoms in total. The molecule has 0 heterocycles. The Morgan fingerprint density at radius 1 is 0.719 bits per heavy atom. The van der Waals surface area contributed by atoms with Crippen LogP contribution >= 0.6 is 7.14 Å². The Kier molecular flexibility index (Phi) is 8.43. The summed E-state index contributed by atoms with van der Waals surface area (Å²) in [5.74, 6) is -0.798. The largest absolute Gasteiger partial charge is 0.496 e. The number of carbonyl (C=O) groups is 3. The van der Waals surface area contributed by atoms with E-state index in [9.17, 15) is 18.9 Å². The first-order valence-corrected chi connectivity index (χ1v) is 11.4. The number of ether oxygens (including phenoxy) is 5. The van der Waals surface area contributed by atoms with Crippen LogP contribution < -0.4 is 18.9 Å². The molecule has 0 saturated carbocycles. The Balaban J connectivity index is 2.78. The van der Waals surface area contributed by atoms with Crippen LogP contribution in [0.25, 0.3) is 0 Å². The summed E-state index contributed by atoms with van der Waals surface area (Å²) < 4.78 is 40.0. The highest BCUT2D eigenvalue weighted by molar-refractivity contribution is 7.96. The van der Waals surface area contributed by atoms with Crippen LogP contribution in [0.5, 0.6) is 23.0 Å². The maximum absolute atomic E-state index is 14.1. The maximum atomic E-state index is 14.1. The molecule has 0 amide bonds. The Morgan fingerprint density at radius 2 is 1.06 bits per heavy atom. The van der Waals surface area contributed by atoms with Crippen LogP contribution in [0, 0.1) is 0 Å². The highest BCUT2D eigenvalue weighted by Gasteiger charge is 2.47. The minimum atomic E-state index is -4.66. The van der Waals surface area contributed by atoms with E-state index in [0.717, 1.165) is 0 Å². The quantitative estimate of drug-likeness (QED) is 0.363. The number of methoxy groups -OCH3 is 4. The smallest absolute Gasteiger partial charge is 0.314 e. The molecular weight excluding hydrogens is 439 g/mol. The van der Waals surface area contributed by atoms with Crippen LogP contribution in [0.2, 0.25) is 0 Å². The lowest BCUT2D eigenvalue weighted by molar-refractivity contribution is -0.140. The van der Waals surface area contributed by atoms with E-state index in [1.807, 2.05) is 0 Å². The Morgan fingerprint density at radius 3 is 1.34 bits per heavy atom. The van der Waals surface area contributed by atoms with E-state index in [-0.39, 0.29) is 40.7 Å². The first-order valence-electron chi connectivity index (χ1n) is 9.55. The molecule has 2 aromatic rings. The van der Waals surface area contributed by atoms with Crippen LogP contribution in [0.15, 0.2) is 36.4 Å². The van der Waals surface area contributed by atoms with Crippen LogP contribution in [-0.2, 0) is 14.1 Å². The summed E-state index contributed by atoms with van der Waals surface area (Å²) >= 11 is 0. The van der Waals surface area contributed by atoms with Crippen molar-refractivity contribution in [3.05, 3.63) is 47.5 Å². The second-order valence-corrected chi connectivity index (χ2v) is 9.00. The first kappa shape index (κ1) is 24.9. The molecule has 0 saturated heterocycles. The fraction of sp³-hybridized carbons (Fsp3) is 0.318. The van der Waals surface area contributed by atoms with Crippen LogP contribution in [0.1, 0.15) is 27.6 Å². The van der Waals surface area contributed by atoms with Gasteiger partial charge in [0.1, 0.15) is 40.3 Å². The number of esters is 1. The first-order chi connectivity index (χ1) is 15.3. The molecule has 0 aliphatic heterocycles. The average molecular weight is 464 g/mol. The van der Waals surface area contributed by atoms with E-state index in [2.05, 4.69) is 0 Å². The van der Waals surface area contributed by atoms with Gasteiger partial charge in [0.15, 0.2) is 0 Å². The molecule has 172 valence electrons. The standard InChI is InChI=1S/C22H25O9P/c1-6-31-18(23)13-32(26,21(24)19-14(27-2)9-7-10-15(19)28-3)22(25)20-16(29-4)11-8-12-17(20)30-5/h7-12H,6,13H2,1-5H3. The third kappa shape index (κ3) is 4.78. The normalized spacial score (nSPS) is 10.8. The van der Waals surface area contributed by atoms with Crippen molar-refractivity contribution in [2.75, 3.05) is 41.2 Å². The number of benzene rings is 2. The van der Waals surface area contributed by atoms with Gasteiger partial charge in [-0.3, -0.25) is 14.4 Å². The molecule has 0 aliphatic rings. The van der Waals surface area contributed by atoms with E-state index in [4.69, 9.17) is 23.7 Å². The van der Waals surface area contributed by atoms with Crippen molar-refractivity contribution >= 4 is 24.2 Å². The Labute approximate surface area is 185 Å². The summed E-state index contributed by atoms with van der Waals surface area (Å²) in [6.45, 7) is 1.54. The lowest BCUT2D eigenvalue weighted by Gasteiger charge is -2.20. The van der Waals surface area contributed by atoms with Gasteiger partial charge in [0.2, 0.25) is 18.2 Å². The van der Waals surface area contributed by atoms with E-state index < -0.39 is 30.3 Å². The van der Waals surface area contributed by atoms with Crippen LogP contribution in [0.3, 0.4) is 0 Å². The second-order valence-electron chi connectivity index (χ2n) is 6.39. The zero-order chi connectivity index (χ0) is 23.9. The Hall–Kier alpha value is -3.32. The maximum Gasteiger partial charge on any atom is 0.314 e. The second kappa shape index (κ2) is 10.8. The van der Waals surface area contributed by atoms with Crippen LogP contribution in [-0.4, -0.2) is 58.2 Å². The topological polar surface area (TPSA) is 114 Å². The van der Waals surface area contributed by atoms with Crippen LogP contribution in [0.4, 0.5) is 0 Å². The van der Waals surface area contributed by atoms with Gasteiger partial charge in [-0.1, -0.05) is 12.1 Å². The van der Waals surface area contributed by atoms with Crippen molar-refractivity contribution in [1.29, 1.82) is 0 Å². The molecule has 0 aliphatic carbocycles. The monoisotopic (exact) mass is 464 g/mol. The molecule has 10 heteroatoms. The average Bonchev–Trinajstić information content (AvgIpc) is 2.81. The van der Waals surface area contributed by atoms with Gasteiger partial charge in [0, 0.05) is 0 Å². The fourth-order valence-electron chi connectivity index (χ4n) is 3.11. The van der Waals surface area contributed by atoms with Crippen molar-refractivity contribution in [3.8, 4) is 23.0 Å². The van der Waals surface area contributed by atoms with Gasteiger partial charge in [-0.05, 0) is 31.2 Å². The number of hydrogen-bond acceptors (Lipinski definition) is 9. The van der Waals surface area contributed by atoms with Gasteiger partial charge in [-0.25, -0.2) is 0 Å². The summed E-state index contributed by atoms with van der Waals surface area (Å²) in [4.78, 5) is 39.6. The predicted molar refractivity (Wildman–Crippen MR) is 117 cm³/mol. The molecule has 2 rings (SSSR count). The SMILES string of the molecule is CCOC(=O)CP(=O)(C(=O)c1c(OC)cccc1OC)C(=O)c1c(OC)cccc1OC. The van der Waals surface area contributed by atoms with Crippen molar-refractivity contribution in [2.24, 2.45) is 0 Å². The molecule has 0 unspecified atom stereocenters. The third-order valence-corrected chi connectivity index (χ3v) is 7.06. The summed E-state index contributed by atoms with van der Waals surface area (Å²) in [6.07, 6.45) is -0.944. The minimum Gasteiger partial charge on any atom is -0.496 e. The van der Waals surface area contributed by atoms with Gasteiger partial charge < -0.3 is 28.2 Å². The number of carbonyl (C=O) groups excluding carboxylic acids is 3. The summed E-state index contributed by atoms with van der Waals surface area (Å²) in [5, 5.41) is 0. The highest BCUT2D eigenvalue weighted by Crippen LogP contribution is 2.56. The van der Waals surface area contributed by atoms with E-state index in [1.165, 1.54) is 52.7 Å². The van der Waals surface area contributed by atoms with Gasteiger partial charge >= 0.3 is 5.97 Å². The van der Waals surface area contributed by atoms with Crippen molar-refractivity contribution in [1.82, 2.24) is 0 Å². The zero-order valence-corrected chi connectivity index (χ0v) is 19.4. The molecule has 0 bridgehead atoms. The zero-order valence-electron chi connectivity index (χ0n) is 18.5. The molecule has 0 N–H and O–H groups in total. The van der Waals surface area contributed by atoms with Gasteiger partial charge in [-0.2, -0.15) is 0 Å². The molecule has 0 radical (unpaired) electrons. The summed E-state index contributed by atoms with van der Waals surface area (Å²) in [7, 11) is 0.586. The van der Waals surface area contributed by atoms with Crippen molar-refractivity contribution < 1.29 is 42.6 Å². The van der Waals surface area contributed by atoms with E-state index >= 15 is 0 Å². The molecule has 0 fully saturated rings. The summed E-state index contributed by atoms with van der Waals surface area (Å²) in [5.41, 5.74) is -2.63. The highest BCUT2D eigenvalue weighted by atomic mass is 31.2.